The van der Waals surface area contributed by atoms with Gasteiger partial charge in [-0.3, -0.25) is 0 Å². The van der Waals surface area contributed by atoms with Gasteiger partial charge in [-0.1, -0.05) is 35.9 Å². The number of alkyl halides is 3. The number of fused-ring (bicyclic) bond motifs is 1. The molecule has 31 heavy (non-hydrogen) atoms. The Hall–Kier alpha value is -2.31. The van der Waals surface area contributed by atoms with Gasteiger partial charge in [-0.05, 0) is 69.0 Å². The van der Waals surface area contributed by atoms with E-state index in [1.807, 2.05) is 30.3 Å². The topological polar surface area (TPSA) is 37.0 Å². The van der Waals surface area contributed by atoms with Crippen LogP contribution in [0.1, 0.15) is 31.2 Å². The van der Waals surface area contributed by atoms with Crippen LogP contribution < -0.4 is 10.6 Å². The predicted molar refractivity (Wildman–Crippen MR) is 121 cm³/mol. The molecule has 1 unspecified atom stereocenters. The lowest BCUT2D eigenvalue weighted by atomic mass is 9.95. The van der Waals surface area contributed by atoms with Crippen molar-refractivity contribution in [2.24, 2.45) is 5.92 Å². The van der Waals surface area contributed by atoms with E-state index in [4.69, 9.17) is 11.6 Å². The molecule has 3 nitrogen and oxygen atoms in total. The summed E-state index contributed by atoms with van der Waals surface area (Å²) in [5.41, 5.74) is 1.96. The minimum Gasteiger partial charge on any atom is -0.384 e. The van der Waals surface area contributed by atoms with Crippen LogP contribution in [0, 0.1) is 5.92 Å². The second kappa shape index (κ2) is 9.45. The summed E-state index contributed by atoms with van der Waals surface area (Å²) in [6, 6.07) is 13.0. The fraction of sp³-hybridized carbons (Fsp3) is 0.375. The molecule has 3 aromatic rings. The highest BCUT2D eigenvalue weighted by Gasteiger charge is 2.31. The maximum atomic E-state index is 13.0. The van der Waals surface area contributed by atoms with Gasteiger partial charge in [0.2, 0.25) is 0 Å². The van der Waals surface area contributed by atoms with Crippen LogP contribution in [-0.2, 0) is 6.18 Å². The standard InChI is InChI=1S/C24H25ClF3N3/c25-20-13-17(24(26,27)28)9-10-18(20)23-14-22(19-7-1-2-8-21(19)31-23)30-12-4-6-16-5-3-11-29-15-16/h1-2,7-10,13-14,16,29H,3-6,11-12,15H2,(H,30,31). The van der Waals surface area contributed by atoms with Gasteiger partial charge >= 0.3 is 6.18 Å². The Morgan fingerprint density at radius 1 is 1.13 bits per heavy atom. The molecular weight excluding hydrogens is 423 g/mol. The third-order valence-electron chi connectivity index (χ3n) is 5.79. The number of hydrogen-bond donors (Lipinski definition) is 2. The first-order chi connectivity index (χ1) is 14.9. The second-order valence-corrected chi connectivity index (χ2v) is 8.45. The molecule has 1 atom stereocenters. The van der Waals surface area contributed by atoms with Crippen LogP contribution in [-0.4, -0.2) is 24.6 Å². The molecule has 1 aliphatic heterocycles. The summed E-state index contributed by atoms with van der Waals surface area (Å²) in [6.45, 7) is 3.03. The van der Waals surface area contributed by atoms with E-state index in [1.165, 1.54) is 25.3 Å². The predicted octanol–water partition coefficient (Wildman–Crippen LogP) is 6.77. The molecule has 2 heterocycles. The zero-order valence-corrected chi connectivity index (χ0v) is 17.9. The van der Waals surface area contributed by atoms with Crippen LogP contribution in [0.5, 0.6) is 0 Å². The molecule has 0 radical (unpaired) electrons. The van der Waals surface area contributed by atoms with Crippen molar-refractivity contribution in [1.82, 2.24) is 10.3 Å². The molecule has 0 bridgehead atoms. The van der Waals surface area contributed by atoms with Gasteiger partial charge in [0.25, 0.3) is 0 Å². The van der Waals surface area contributed by atoms with E-state index >= 15 is 0 Å². The first-order valence-electron chi connectivity index (χ1n) is 10.6. The van der Waals surface area contributed by atoms with Gasteiger partial charge in [-0.25, -0.2) is 4.98 Å². The zero-order chi connectivity index (χ0) is 21.8. The largest absolute Gasteiger partial charge is 0.416 e. The van der Waals surface area contributed by atoms with E-state index in [0.717, 1.165) is 60.7 Å². The fourth-order valence-corrected chi connectivity index (χ4v) is 4.42. The average molecular weight is 448 g/mol. The molecule has 1 fully saturated rings. The number of nitrogens with one attached hydrogen (secondary N) is 2. The summed E-state index contributed by atoms with van der Waals surface area (Å²) in [5.74, 6) is 0.728. The maximum absolute atomic E-state index is 13.0. The van der Waals surface area contributed by atoms with E-state index in [9.17, 15) is 13.2 Å². The van der Waals surface area contributed by atoms with Crippen LogP contribution in [0.2, 0.25) is 5.02 Å². The molecule has 2 aromatic carbocycles. The molecule has 164 valence electrons. The van der Waals surface area contributed by atoms with Gasteiger partial charge in [-0.2, -0.15) is 13.2 Å². The van der Waals surface area contributed by atoms with Gasteiger partial charge in [0, 0.05) is 23.2 Å². The molecule has 1 saturated heterocycles. The third kappa shape index (κ3) is 5.31. The van der Waals surface area contributed by atoms with Crippen molar-refractivity contribution in [1.29, 1.82) is 0 Å². The number of para-hydroxylation sites is 1. The van der Waals surface area contributed by atoms with Crippen molar-refractivity contribution in [3.8, 4) is 11.3 Å². The van der Waals surface area contributed by atoms with Crippen molar-refractivity contribution in [2.45, 2.75) is 31.9 Å². The van der Waals surface area contributed by atoms with Crippen LogP contribution in [0.25, 0.3) is 22.2 Å². The molecule has 0 spiro atoms. The van der Waals surface area contributed by atoms with E-state index in [1.54, 1.807) is 0 Å². The van der Waals surface area contributed by atoms with Crippen molar-refractivity contribution in [3.05, 3.63) is 59.1 Å². The lowest BCUT2D eigenvalue weighted by Crippen LogP contribution is -2.29. The van der Waals surface area contributed by atoms with Gasteiger partial charge in [0.1, 0.15) is 0 Å². The van der Waals surface area contributed by atoms with Crippen molar-refractivity contribution >= 4 is 28.2 Å². The lowest BCUT2D eigenvalue weighted by molar-refractivity contribution is -0.137. The quantitative estimate of drug-likeness (QED) is 0.409. The van der Waals surface area contributed by atoms with Crippen molar-refractivity contribution < 1.29 is 13.2 Å². The minimum absolute atomic E-state index is 0.0355. The average Bonchev–Trinajstić information content (AvgIpc) is 2.76. The third-order valence-corrected chi connectivity index (χ3v) is 6.10. The maximum Gasteiger partial charge on any atom is 0.416 e. The number of hydrogen-bond acceptors (Lipinski definition) is 3. The number of rotatable bonds is 6. The summed E-state index contributed by atoms with van der Waals surface area (Å²) in [7, 11) is 0. The van der Waals surface area contributed by atoms with Crippen molar-refractivity contribution in [2.75, 3.05) is 25.0 Å². The molecule has 1 aromatic heterocycles. The Morgan fingerprint density at radius 3 is 2.71 bits per heavy atom. The summed E-state index contributed by atoms with van der Waals surface area (Å²) >= 11 is 6.22. The summed E-state index contributed by atoms with van der Waals surface area (Å²) < 4.78 is 39.0. The summed E-state index contributed by atoms with van der Waals surface area (Å²) in [6.07, 6.45) is 0.311. The van der Waals surface area contributed by atoms with Crippen LogP contribution in [0.3, 0.4) is 0 Å². The molecule has 7 heteroatoms. The first-order valence-corrected chi connectivity index (χ1v) is 11.0. The van der Waals surface area contributed by atoms with E-state index < -0.39 is 11.7 Å². The Morgan fingerprint density at radius 2 is 1.97 bits per heavy atom. The molecular formula is C24H25ClF3N3. The highest BCUT2D eigenvalue weighted by molar-refractivity contribution is 6.33. The minimum atomic E-state index is -4.43. The summed E-state index contributed by atoms with van der Waals surface area (Å²) in [5, 5.41) is 7.97. The Kier molecular flexibility index (Phi) is 6.68. The monoisotopic (exact) mass is 447 g/mol. The number of pyridine rings is 1. The normalized spacial score (nSPS) is 17.1. The summed E-state index contributed by atoms with van der Waals surface area (Å²) in [4.78, 5) is 4.65. The molecule has 0 amide bonds. The smallest absolute Gasteiger partial charge is 0.384 e. The first kappa shape index (κ1) is 21.9. The van der Waals surface area contributed by atoms with Crippen LogP contribution in [0.4, 0.5) is 18.9 Å². The van der Waals surface area contributed by atoms with Gasteiger partial charge in [-0.15, -0.1) is 0 Å². The van der Waals surface area contributed by atoms with E-state index in [2.05, 4.69) is 15.6 Å². The van der Waals surface area contributed by atoms with Crippen molar-refractivity contribution in [3.63, 3.8) is 0 Å². The molecule has 0 saturated carbocycles. The highest BCUT2D eigenvalue weighted by Crippen LogP contribution is 2.37. The Labute approximate surface area is 185 Å². The molecule has 2 N–H and O–H groups in total. The molecule has 4 rings (SSSR count). The van der Waals surface area contributed by atoms with Gasteiger partial charge < -0.3 is 10.6 Å². The van der Waals surface area contributed by atoms with Gasteiger partial charge in [0.15, 0.2) is 0 Å². The SMILES string of the molecule is FC(F)(F)c1ccc(-c2cc(NCCCC3CCCNC3)c3ccccc3n2)c(Cl)c1. The van der Waals surface area contributed by atoms with E-state index in [-0.39, 0.29) is 5.02 Å². The Bertz CT molecular complexity index is 1050. The highest BCUT2D eigenvalue weighted by atomic mass is 35.5. The second-order valence-electron chi connectivity index (χ2n) is 8.05. The van der Waals surface area contributed by atoms with Gasteiger partial charge in [0.05, 0.1) is 21.8 Å². The number of halogens is 4. The fourth-order valence-electron chi connectivity index (χ4n) is 4.14. The zero-order valence-electron chi connectivity index (χ0n) is 17.1. The Balaban J connectivity index is 1.56. The number of nitrogens with zero attached hydrogens (tertiary/aromatic N) is 1. The molecule has 1 aliphatic rings. The lowest BCUT2D eigenvalue weighted by Gasteiger charge is -2.22. The number of aromatic nitrogens is 1. The van der Waals surface area contributed by atoms with Crippen LogP contribution >= 0.6 is 11.6 Å². The number of anilines is 1. The molecule has 0 aliphatic carbocycles. The van der Waals surface area contributed by atoms with E-state index in [0.29, 0.717) is 11.3 Å². The number of piperidine rings is 1. The number of benzene rings is 2. The van der Waals surface area contributed by atoms with Crippen LogP contribution in [0.15, 0.2) is 48.5 Å².